The predicted molar refractivity (Wildman–Crippen MR) is 69.7 cm³/mol. The van der Waals surface area contributed by atoms with Crippen molar-refractivity contribution in [2.75, 3.05) is 19.7 Å². The molecule has 0 saturated carbocycles. The topological polar surface area (TPSA) is 21.3 Å². The fourth-order valence-electron chi connectivity index (χ4n) is 3.13. The smallest absolute Gasteiger partial charge is 0.125 e. The summed E-state index contributed by atoms with van der Waals surface area (Å²) >= 11 is 0. The van der Waals surface area contributed by atoms with Gasteiger partial charge in [-0.05, 0) is 61.9 Å². The fourth-order valence-corrected chi connectivity index (χ4v) is 3.13. The molecule has 1 fully saturated rings. The van der Waals surface area contributed by atoms with E-state index in [4.69, 9.17) is 4.74 Å². The average molecular weight is 231 g/mol. The van der Waals surface area contributed by atoms with E-state index in [-0.39, 0.29) is 0 Å². The third-order valence-electron chi connectivity index (χ3n) is 3.95. The summed E-state index contributed by atoms with van der Waals surface area (Å²) in [5.74, 6) is 1.97. The van der Waals surface area contributed by atoms with Crippen molar-refractivity contribution in [2.45, 2.75) is 32.6 Å². The van der Waals surface area contributed by atoms with Crippen molar-refractivity contribution in [2.24, 2.45) is 5.92 Å². The SMILES string of the molecule is Cc1cc(CC2CCCNC2)cc2c1OCC2. The Bertz CT molecular complexity index is 408. The minimum absolute atomic E-state index is 0.823. The summed E-state index contributed by atoms with van der Waals surface area (Å²) in [6.07, 6.45) is 5.02. The summed E-state index contributed by atoms with van der Waals surface area (Å²) < 4.78 is 5.66. The highest BCUT2D eigenvalue weighted by Crippen LogP contribution is 2.31. The molecule has 0 aliphatic carbocycles. The quantitative estimate of drug-likeness (QED) is 0.844. The monoisotopic (exact) mass is 231 g/mol. The summed E-state index contributed by atoms with van der Waals surface area (Å²) in [4.78, 5) is 0. The van der Waals surface area contributed by atoms with E-state index in [2.05, 4.69) is 24.4 Å². The van der Waals surface area contributed by atoms with E-state index in [1.54, 1.807) is 0 Å². The van der Waals surface area contributed by atoms with Gasteiger partial charge in [0.2, 0.25) is 0 Å². The second-order valence-corrected chi connectivity index (χ2v) is 5.42. The van der Waals surface area contributed by atoms with E-state index in [9.17, 15) is 0 Å². The Balaban J connectivity index is 1.76. The molecule has 0 bridgehead atoms. The van der Waals surface area contributed by atoms with E-state index < -0.39 is 0 Å². The van der Waals surface area contributed by atoms with Crippen molar-refractivity contribution in [3.8, 4) is 5.75 Å². The molecular formula is C15H21NO. The first-order valence-electron chi connectivity index (χ1n) is 6.79. The molecule has 92 valence electrons. The van der Waals surface area contributed by atoms with E-state index >= 15 is 0 Å². The summed E-state index contributed by atoms with van der Waals surface area (Å²) in [6, 6.07) is 4.68. The minimum atomic E-state index is 0.823. The molecule has 2 heteroatoms. The number of nitrogens with one attached hydrogen (secondary N) is 1. The first-order chi connectivity index (χ1) is 8.33. The molecule has 0 aromatic heterocycles. The van der Waals surface area contributed by atoms with Crippen LogP contribution in [0.25, 0.3) is 0 Å². The molecule has 0 amide bonds. The van der Waals surface area contributed by atoms with Crippen LogP contribution >= 0.6 is 0 Å². The van der Waals surface area contributed by atoms with Gasteiger partial charge in [0, 0.05) is 6.42 Å². The molecule has 1 N–H and O–H groups in total. The van der Waals surface area contributed by atoms with Crippen LogP contribution in [-0.4, -0.2) is 19.7 Å². The van der Waals surface area contributed by atoms with Crippen molar-refractivity contribution in [1.82, 2.24) is 5.32 Å². The van der Waals surface area contributed by atoms with Gasteiger partial charge in [-0.1, -0.05) is 12.1 Å². The first kappa shape index (κ1) is 11.1. The Labute approximate surface area is 103 Å². The van der Waals surface area contributed by atoms with Gasteiger partial charge in [0.15, 0.2) is 0 Å². The molecule has 3 rings (SSSR count). The van der Waals surface area contributed by atoms with Gasteiger partial charge in [0.1, 0.15) is 5.75 Å². The Morgan fingerprint density at radius 1 is 1.41 bits per heavy atom. The van der Waals surface area contributed by atoms with Crippen LogP contribution in [0.1, 0.15) is 29.5 Å². The molecule has 0 spiro atoms. The number of ether oxygens (including phenoxy) is 1. The highest BCUT2D eigenvalue weighted by Gasteiger charge is 2.18. The number of hydrogen-bond donors (Lipinski definition) is 1. The molecule has 2 aliphatic heterocycles. The zero-order valence-electron chi connectivity index (χ0n) is 10.6. The molecule has 17 heavy (non-hydrogen) atoms. The summed E-state index contributed by atoms with van der Waals surface area (Å²) in [7, 11) is 0. The second kappa shape index (κ2) is 4.69. The number of piperidine rings is 1. The lowest BCUT2D eigenvalue weighted by molar-refractivity contribution is 0.354. The maximum Gasteiger partial charge on any atom is 0.125 e. The van der Waals surface area contributed by atoms with Crippen LogP contribution in [0, 0.1) is 12.8 Å². The van der Waals surface area contributed by atoms with E-state index in [0.29, 0.717) is 0 Å². The Kier molecular flexibility index (Phi) is 3.06. The van der Waals surface area contributed by atoms with Gasteiger partial charge in [-0.15, -0.1) is 0 Å². The first-order valence-corrected chi connectivity index (χ1v) is 6.79. The van der Waals surface area contributed by atoms with Gasteiger partial charge in [0.05, 0.1) is 6.61 Å². The lowest BCUT2D eigenvalue weighted by Crippen LogP contribution is -2.30. The van der Waals surface area contributed by atoms with Crippen LogP contribution in [0.2, 0.25) is 0 Å². The zero-order valence-corrected chi connectivity index (χ0v) is 10.6. The number of fused-ring (bicyclic) bond motifs is 1. The maximum atomic E-state index is 5.66. The van der Waals surface area contributed by atoms with E-state index in [1.165, 1.54) is 49.0 Å². The second-order valence-electron chi connectivity index (χ2n) is 5.42. The van der Waals surface area contributed by atoms with Crippen LogP contribution in [0.15, 0.2) is 12.1 Å². The molecule has 1 unspecified atom stereocenters. The largest absolute Gasteiger partial charge is 0.493 e. The summed E-state index contributed by atoms with van der Waals surface area (Å²) in [5, 5.41) is 3.50. The van der Waals surface area contributed by atoms with Gasteiger partial charge < -0.3 is 10.1 Å². The lowest BCUT2D eigenvalue weighted by Gasteiger charge is -2.23. The van der Waals surface area contributed by atoms with Crippen LogP contribution < -0.4 is 10.1 Å². The Morgan fingerprint density at radius 2 is 2.35 bits per heavy atom. The zero-order chi connectivity index (χ0) is 11.7. The summed E-state index contributed by atoms with van der Waals surface area (Å²) in [6.45, 7) is 5.43. The van der Waals surface area contributed by atoms with Crippen LogP contribution in [-0.2, 0) is 12.8 Å². The van der Waals surface area contributed by atoms with Crippen LogP contribution in [0.3, 0.4) is 0 Å². The van der Waals surface area contributed by atoms with Crippen molar-refractivity contribution in [3.05, 3.63) is 28.8 Å². The molecule has 1 aromatic carbocycles. The normalized spacial score (nSPS) is 23.2. The molecule has 2 aliphatic rings. The van der Waals surface area contributed by atoms with Crippen molar-refractivity contribution >= 4 is 0 Å². The van der Waals surface area contributed by atoms with Crippen molar-refractivity contribution in [3.63, 3.8) is 0 Å². The van der Waals surface area contributed by atoms with Gasteiger partial charge in [-0.2, -0.15) is 0 Å². The lowest BCUT2D eigenvalue weighted by atomic mass is 9.90. The van der Waals surface area contributed by atoms with E-state index in [1.807, 2.05) is 0 Å². The maximum absolute atomic E-state index is 5.66. The van der Waals surface area contributed by atoms with Gasteiger partial charge in [0.25, 0.3) is 0 Å². The molecule has 2 nitrogen and oxygen atoms in total. The summed E-state index contributed by atoms with van der Waals surface area (Å²) in [5.41, 5.74) is 4.24. The van der Waals surface area contributed by atoms with Gasteiger partial charge >= 0.3 is 0 Å². The highest BCUT2D eigenvalue weighted by molar-refractivity contribution is 5.46. The highest BCUT2D eigenvalue weighted by atomic mass is 16.5. The standard InChI is InChI=1S/C15H21NO/c1-11-7-13(8-12-3-2-5-16-10-12)9-14-4-6-17-15(11)14/h7,9,12,16H,2-6,8,10H2,1H3. The van der Waals surface area contributed by atoms with Crippen LogP contribution in [0.4, 0.5) is 0 Å². The van der Waals surface area contributed by atoms with Gasteiger partial charge in [-0.3, -0.25) is 0 Å². The van der Waals surface area contributed by atoms with Gasteiger partial charge in [-0.25, -0.2) is 0 Å². The van der Waals surface area contributed by atoms with E-state index in [0.717, 1.165) is 24.7 Å². The number of aryl methyl sites for hydroxylation is 1. The third kappa shape index (κ3) is 2.32. The third-order valence-corrected chi connectivity index (χ3v) is 3.95. The number of benzene rings is 1. The van der Waals surface area contributed by atoms with Crippen LogP contribution in [0.5, 0.6) is 5.75 Å². The minimum Gasteiger partial charge on any atom is -0.493 e. The number of rotatable bonds is 2. The number of hydrogen-bond acceptors (Lipinski definition) is 2. The molecule has 1 saturated heterocycles. The predicted octanol–water partition coefficient (Wildman–Crippen LogP) is 2.47. The molecule has 2 heterocycles. The molecule has 1 atom stereocenters. The molecule has 1 aromatic rings. The molecule has 0 radical (unpaired) electrons. The fraction of sp³-hybridized carbons (Fsp3) is 0.600. The average Bonchev–Trinajstić information content (AvgIpc) is 2.79. The molecular weight excluding hydrogens is 210 g/mol. The Hall–Kier alpha value is -1.02. The Morgan fingerprint density at radius 3 is 3.18 bits per heavy atom. The van der Waals surface area contributed by atoms with Crippen molar-refractivity contribution < 1.29 is 4.74 Å². The van der Waals surface area contributed by atoms with Crippen molar-refractivity contribution in [1.29, 1.82) is 0 Å².